The van der Waals surface area contributed by atoms with E-state index in [9.17, 15) is 0 Å². The van der Waals surface area contributed by atoms with E-state index in [-0.39, 0.29) is 12.1 Å². The lowest BCUT2D eigenvalue weighted by atomic mass is 9.90. The Hall–Kier alpha value is -1.33. The molecule has 0 radical (unpaired) electrons. The Bertz CT molecular complexity index is 824. The molecule has 1 heterocycles. The molecule has 0 bridgehead atoms. The molecule has 0 aromatic heterocycles. The van der Waals surface area contributed by atoms with Gasteiger partial charge in [0.2, 0.25) is 0 Å². The Morgan fingerprint density at radius 3 is 2.82 bits per heavy atom. The Labute approximate surface area is 172 Å². The van der Waals surface area contributed by atoms with Gasteiger partial charge in [0.15, 0.2) is 0 Å². The number of nitrogens with one attached hydrogen (secondary N) is 1. The molecule has 1 aliphatic carbocycles. The number of likely N-dealkylation sites (tertiary alicyclic amines) is 1. The van der Waals surface area contributed by atoms with Crippen LogP contribution in [0.4, 0.5) is 0 Å². The Kier molecular flexibility index (Phi) is 6.12. The van der Waals surface area contributed by atoms with Gasteiger partial charge in [-0.1, -0.05) is 35.9 Å². The summed E-state index contributed by atoms with van der Waals surface area (Å²) in [4.78, 5) is 2.50. The maximum Gasteiger partial charge on any atom is 0.145 e. The van der Waals surface area contributed by atoms with E-state index in [1.807, 2.05) is 0 Å². The molecule has 4 nitrogen and oxygen atoms in total. The van der Waals surface area contributed by atoms with Gasteiger partial charge in [0.05, 0.1) is 18.2 Å². The van der Waals surface area contributed by atoms with Crippen molar-refractivity contribution in [2.45, 2.75) is 44.7 Å². The fourth-order valence-corrected chi connectivity index (χ4v) is 4.66. The second kappa shape index (κ2) is 8.58. The standard InChI is InChI=1S/C23H31ClN2O2/c1-23(25-10-12-27)9-4-11-26(16-23)14-18-13-21(24)22(28-15-17-7-8-17)20-6-3-2-5-19(18)20/h2-3,5-6,13,17,25,27H,4,7-12,14-16H2,1H3/t23-/m1/s1. The van der Waals surface area contributed by atoms with Gasteiger partial charge in [-0.05, 0) is 62.1 Å². The van der Waals surface area contributed by atoms with Crippen molar-refractivity contribution in [1.29, 1.82) is 0 Å². The van der Waals surface area contributed by atoms with Crippen LogP contribution in [0.5, 0.6) is 5.75 Å². The lowest BCUT2D eigenvalue weighted by Gasteiger charge is -2.41. The molecule has 2 N–H and O–H groups in total. The predicted octanol–water partition coefficient (Wildman–Crippen LogP) is 4.22. The summed E-state index contributed by atoms with van der Waals surface area (Å²) in [5, 5.41) is 15.7. The summed E-state index contributed by atoms with van der Waals surface area (Å²) in [5.74, 6) is 1.54. The molecule has 2 aromatic rings. The molecule has 1 atom stereocenters. The van der Waals surface area contributed by atoms with E-state index in [0.29, 0.717) is 17.5 Å². The summed E-state index contributed by atoms with van der Waals surface area (Å²) < 4.78 is 6.12. The van der Waals surface area contributed by atoms with Crippen LogP contribution in [0.25, 0.3) is 10.8 Å². The fourth-order valence-electron chi connectivity index (χ4n) is 4.37. The highest BCUT2D eigenvalue weighted by Crippen LogP contribution is 2.39. The Morgan fingerprint density at radius 2 is 2.07 bits per heavy atom. The summed E-state index contributed by atoms with van der Waals surface area (Å²) in [6.07, 6.45) is 4.83. The van der Waals surface area contributed by atoms with E-state index in [0.717, 1.165) is 50.2 Å². The first-order valence-electron chi connectivity index (χ1n) is 10.5. The number of halogens is 1. The van der Waals surface area contributed by atoms with Gasteiger partial charge in [-0.15, -0.1) is 0 Å². The maximum absolute atomic E-state index is 9.17. The molecule has 1 saturated heterocycles. The average Bonchev–Trinajstić information content (AvgIpc) is 3.51. The number of hydrogen-bond donors (Lipinski definition) is 2. The summed E-state index contributed by atoms with van der Waals surface area (Å²) in [6.45, 7) is 6.78. The SMILES string of the molecule is C[C@@]1(NCCO)CCCN(Cc2cc(Cl)c(OCC3CC3)c3ccccc23)C1. The second-order valence-electron chi connectivity index (χ2n) is 8.67. The Balaban J connectivity index is 1.56. The first-order chi connectivity index (χ1) is 13.6. The molecule has 152 valence electrons. The van der Waals surface area contributed by atoms with Crippen molar-refractivity contribution in [3.8, 4) is 5.75 Å². The summed E-state index contributed by atoms with van der Waals surface area (Å²) in [5.41, 5.74) is 1.30. The van der Waals surface area contributed by atoms with Crippen molar-refractivity contribution in [3.63, 3.8) is 0 Å². The van der Waals surface area contributed by atoms with Crippen molar-refractivity contribution < 1.29 is 9.84 Å². The Morgan fingerprint density at radius 1 is 1.29 bits per heavy atom. The van der Waals surface area contributed by atoms with Gasteiger partial charge in [-0.2, -0.15) is 0 Å². The van der Waals surface area contributed by atoms with Gasteiger partial charge < -0.3 is 15.2 Å². The summed E-state index contributed by atoms with van der Waals surface area (Å²) >= 11 is 6.67. The van der Waals surface area contributed by atoms with Crippen LogP contribution in [0.15, 0.2) is 30.3 Å². The molecule has 28 heavy (non-hydrogen) atoms. The normalized spacial score (nSPS) is 23.2. The monoisotopic (exact) mass is 402 g/mol. The van der Waals surface area contributed by atoms with Crippen LogP contribution in [-0.2, 0) is 6.54 Å². The molecule has 0 unspecified atom stereocenters. The molecule has 1 saturated carbocycles. The van der Waals surface area contributed by atoms with E-state index < -0.39 is 0 Å². The largest absolute Gasteiger partial charge is 0.491 e. The number of β-amino-alcohol motifs (C(OH)–C–C–N with tert-alkyl or cyclic N) is 1. The van der Waals surface area contributed by atoms with Gasteiger partial charge in [-0.3, -0.25) is 4.90 Å². The molecular formula is C23H31ClN2O2. The first kappa shape index (κ1) is 20.0. The minimum Gasteiger partial charge on any atom is -0.491 e. The van der Waals surface area contributed by atoms with E-state index in [2.05, 4.69) is 47.5 Å². The van der Waals surface area contributed by atoms with Crippen molar-refractivity contribution >= 4 is 22.4 Å². The quantitative estimate of drug-likeness (QED) is 0.694. The molecule has 5 heteroatoms. The van der Waals surface area contributed by atoms with Crippen LogP contribution in [0, 0.1) is 5.92 Å². The number of aliphatic hydroxyl groups is 1. The van der Waals surface area contributed by atoms with Gasteiger partial charge >= 0.3 is 0 Å². The van der Waals surface area contributed by atoms with Crippen LogP contribution in [-0.4, -0.2) is 48.4 Å². The number of hydrogen-bond acceptors (Lipinski definition) is 4. The minimum atomic E-state index is 0.0495. The van der Waals surface area contributed by atoms with Gasteiger partial charge in [0.1, 0.15) is 5.75 Å². The molecule has 0 spiro atoms. The molecular weight excluding hydrogens is 372 g/mol. The minimum absolute atomic E-state index is 0.0495. The number of fused-ring (bicyclic) bond motifs is 1. The number of rotatable bonds is 8. The van der Waals surface area contributed by atoms with Crippen molar-refractivity contribution in [2.75, 3.05) is 32.8 Å². The number of ether oxygens (including phenoxy) is 1. The van der Waals surface area contributed by atoms with Gasteiger partial charge in [-0.25, -0.2) is 0 Å². The van der Waals surface area contributed by atoms with Crippen LogP contribution in [0.1, 0.15) is 38.2 Å². The fraction of sp³-hybridized carbons (Fsp3) is 0.565. The van der Waals surface area contributed by atoms with Crippen molar-refractivity contribution in [2.24, 2.45) is 5.92 Å². The highest BCUT2D eigenvalue weighted by Gasteiger charge is 2.30. The van der Waals surface area contributed by atoms with Crippen LogP contribution in [0.2, 0.25) is 5.02 Å². The zero-order valence-electron chi connectivity index (χ0n) is 16.7. The molecule has 0 amide bonds. The lowest BCUT2D eigenvalue weighted by molar-refractivity contribution is 0.121. The number of aliphatic hydroxyl groups excluding tert-OH is 1. The van der Waals surface area contributed by atoms with Gasteiger partial charge in [0, 0.05) is 30.6 Å². The third-order valence-corrected chi connectivity index (χ3v) is 6.31. The van der Waals surface area contributed by atoms with Crippen LogP contribution >= 0.6 is 11.6 Å². The highest BCUT2D eigenvalue weighted by atomic mass is 35.5. The molecule has 4 rings (SSSR count). The second-order valence-corrected chi connectivity index (χ2v) is 9.08. The van der Waals surface area contributed by atoms with E-state index >= 15 is 0 Å². The number of piperidine rings is 1. The summed E-state index contributed by atoms with van der Waals surface area (Å²) in [6, 6.07) is 10.5. The number of benzene rings is 2. The topological polar surface area (TPSA) is 44.7 Å². The van der Waals surface area contributed by atoms with E-state index in [4.69, 9.17) is 21.4 Å². The summed E-state index contributed by atoms with van der Waals surface area (Å²) in [7, 11) is 0. The third kappa shape index (κ3) is 4.62. The zero-order valence-corrected chi connectivity index (χ0v) is 17.5. The number of nitrogens with zero attached hydrogens (tertiary/aromatic N) is 1. The van der Waals surface area contributed by atoms with Crippen LogP contribution in [0.3, 0.4) is 0 Å². The smallest absolute Gasteiger partial charge is 0.145 e. The third-order valence-electron chi connectivity index (χ3n) is 6.03. The maximum atomic E-state index is 9.17. The molecule has 2 aliphatic rings. The van der Waals surface area contributed by atoms with E-state index in [1.165, 1.54) is 23.8 Å². The zero-order chi connectivity index (χ0) is 19.6. The predicted molar refractivity (Wildman–Crippen MR) is 115 cm³/mol. The molecule has 2 fully saturated rings. The van der Waals surface area contributed by atoms with Gasteiger partial charge in [0.25, 0.3) is 0 Å². The first-order valence-corrected chi connectivity index (χ1v) is 10.9. The van der Waals surface area contributed by atoms with Crippen molar-refractivity contribution in [1.82, 2.24) is 10.2 Å². The van der Waals surface area contributed by atoms with Crippen molar-refractivity contribution in [3.05, 3.63) is 40.9 Å². The van der Waals surface area contributed by atoms with Crippen LogP contribution < -0.4 is 10.1 Å². The average molecular weight is 403 g/mol. The molecule has 1 aliphatic heterocycles. The molecule has 2 aromatic carbocycles. The van der Waals surface area contributed by atoms with E-state index in [1.54, 1.807) is 0 Å². The highest BCUT2D eigenvalue weighted by molar-refractivity contribution is 6.33. The lowest BCUT2D eigenvalue weighted by Crippen LogP contribution is -2.55.